The van der Waals surface area contributed by atoms with Gasteiger partial charge in [-0.15, -0.1) is 0 Å². The molecule has 70 heavy (non-hydrogen) atoms. The number of rotatable bonds is 47. The molecule has 1 unspecified atom stereocenters. The Kier molecular flexibility index (Phi) is 52.1. The van der Waals surface area contributed by atoms with E-state index in [1.807, 2.05) is 27.7 Å². The number of ether oxygens (including phenoxy) is 4. The van der Waals surface area contributed by atoms with E-state index >= 15 is 0 Å². The maximum Gasteiger partial charge on any atom is 0.326 e. The summed E-state index contributed by atoms with van der Waals surface area (Å²) < 4.78 is 21.6. The van der Waals surface area contributed by atoms with E-state index in [2.05, 4.69) is 21.3 Å². The lowest BCUT2D eigenvalue weighted by Gasteiger charge is -2.20. The minimum absolute atomic E-state index is 0.0284. The molecule has 0 bridgehead atoms. The SMILES string of the molecule is CC.CC.CC(=O)CN(CC(C)=O)C(=O)CCNC(=O)CCOCCOCCNC(=O)CCOCCOCCNC(=O)CCC(NC(=O)CCCCCCCCCCCCCCCCC(=O)O)C(=O)O. The van der Waals surface area contributed by atoms with Crippen LogP contribution in [0, 0.1) is 0 Å². The molecule has 0 aliphatic rings. The molecule has 0 aromatic carbocycles. The molecule has 0 rings (SSSR count). The van der Waals surface area contributed by atoms with E-state index in [9.17, 15) is 48.3 Å². The van der Waals surface area contributed by atoms with Crippen LogP contribution in [0.3, 0.4) is 0 Å². The van der Waals surface area contributed by atoms with E-state index in [0.29, 0.717) is 13.0 Å². The summed E-state index contributed by atoms with van der Waals surface area (Å²) >= 11 is 0. The number of carboxylic acids is 2. The second kappa shape index (κ2) is 52.3. The van der Waals surface area contributed by atoms with E-state index in [1.165, 1.54) is 57.3 Å². The highest BCUT2D eigenvalue weighted by Gasteiger charge is 2.21. The average Bonchev–Trinajstić information content (AvgIpc) is 3.32. The van der Waals surface area contributed by atoms with E-state index in [0.717, 1.165) is 44.9 Å². The molecule has 0 heterocycles. The van der Waals surface area contributed by atoms with Crippen LogP contribution in [0.1, 0.15) is 176 Å². The second-order valence-corrected chi connectivity index (χ2v) is 16.2. The van der Waals surface area contributed by atoms with Crippen molar-refractivity contribution in [1.82, 2.24) is 26.2 Å². The summed E-state index contributed by atoms with van der Waals surface area (Å²) in [6.07, 6.45) is 15.6. The molecular formula is C50H93N5O15. The molecule has 0 saturated heterocycles. The van der Waals surface area contributed by atoms with Gasteiger partial charge in [0, 0.05) is 58.2 Å². The van der Waals surface area contributed by atoms with Gasteiger partial charge < -0.3 is 55.3 Å². The first-order valence-corrected chi connectivity index (χ1v) is 25.8. The van der Waals surface area contributed by atoms with Crippen molar-refractivity contribution in [2.75, 3.05) is 85.6 Å². The standard InChI is InChI=1S/C46H81N5O15.2C2H6/c1-37(52)35-51(36-38(2)53)44(58)21-24-47-41(55)22-27-63-31-34-66-30-26-49-42(56)23-28-64-32-33-65-29-25-48-40(54)20-19-39(46(61)62)50-43(57)17-15-13-11-9-7-5-3-4-6-8-10-12-14-16-18-45(59)60;2*1-2/h39H,3-36H2,1-2H3,(H,47,55)(H,48,54)(H,49,56)(H,50,57)(H,59,60)(H,61,62);2*1-2H3. The highest BCUT2D eigenvalue weighted by molar-refractivity contribution is 5.89. The summed E-state index contributed by atoms with van der Waals surface area (Å²) in [6.45, 7) is 12.8. The number of hydrogen-bond acceptors (Lipinski definition) is 13. The van der Waals surface area contributed by atoms with Gasteiger partial charge in [0.2, 0.25) is 29.5 Å². The number of unbranched alkanes of at least 4 members (excludes halogenated alkanes) is 13. The molecular weight excluding hydrogens is 911 g/mol. The lowest BCUT2D eigenvalue weighted by molar-refractivity contribution is -0.142. The van der Waals surface area contributed by atoms with Crippen molar-refractivity contribution < 1.29 is 72.3 Å². The van der Waals surface area contributed by atoms with Crippen molar-refractivity contribution in [3.8, 4) is 0 Å². The number of ketones is 2. The number of aliphatic carboxylic acids is 2. The van der Waals surface area contributed by atoms with Crippen molar-refractivity contribution in [1.29, 1.82) is 0 Å². The van der Waals surface area contributed by atoms with E-state index < -0.39 is 23.9 Å². The van der Waals surface area contributed by atoms with Crippen molar-refractivity contribution in [2.45, 2.75) is 182 Å². The number of nitrogens with zero attached hydrogens (tertiary/aromatic N) is 1. The molecule has 0 spiro atoms. The van der Waals surface area contributed by atoms with Crippen LogP contribution in [-0.4, -0.2) is 160 Å². The fraction of sp³-hybridized carbons (Fsp3) is 0.820. The summed E-state index contributed by atoms with van der Waals surface area (Å²) in [6, 6.07) is -1.14. The highest BCUT2D eigenvalue weighted by Crippen LogP contribution is 2.14. The summed E-state index contributed by atoms with van der Waals surface area (Å²) in [5.41, 5.74) is 0. The van der Waals surface area contributed by atoms with Crippen LogP contribution in [-0.2, 0) is 62.1 Å². The molecule has 20 nitrogen and oxygen atoms in total. The predicted octanol–water partition coefficient (Wildman–Crippen LogP) is 5.31. The third-order valence-electron chi connectivity index (χ3n) is 10.0. The Bertz CT molecular complexity index is 1390. The molecule has 0 saturated carbocycles. The van der Waals surface area contributed by atoms with Crippen molar-refractivity contribution >= 4 is 53.0 Å². The quantitative estimate of drug-likeness (QED) is 0.0422. The lowest BCUT2D eigenvalue weighted by atomic mass is 10.0. The van der Waals surface area contributed by atoms with Gasteiger partial charge in [-0.05, 0) is 33.1 Å². The first kappa shape index (κ1) is 69.7. The van der Waals surface area contributed by atoms with Crippen LogP contribution in [0.15, 0.2) is 0 Å². The van der Waals surface area contributed by atoms with Crippen LogP contribution < -0.4 is 21.3 Å². The number of carbonyl (C=O) groups excluding carboxylic acids is 7. The molecule has 0 aromatic rings. The number of carbonyl (C=O) groups is 9. The lowest BCUT2D eigenvalue weighted by Crippen LogP contribution is -2.41. The zero-order valence-electron chi connectivity index (χ0n) is 43.8. The molecule has 6 N–H and O–H groups in total. The average molecular weight is 1000 g/mol. The zero-order valence-corrected chi connectivity index (χ0v) is 43.8. The van der Waals surface area contributed by atoms with Crippen LogP contribution in [0.5, 0.6) is 0 Å². The van der Waals surface area contributed by atoms with Gasteiger partial charge in [-0.25, -0.2) is 4.79 Å². The number of carboxylic acid groups (broad SMARTS) is 2. The number of nitrogens with one attached hydrogen (secondary N) is 4. The normalized spacial score (nSPS) is 10.9. The van der Waals surface area contributed by atoms with E-state index in [-0.39, 0.29) is 159 Å². The van der Waals surface area contributed by atoms with Crippen LogP contribution in [0.2, 0.25) is 0 Å². The first-order valence-electron chi connectivity index (χ1n) is 25.8. The number of amides is 5. The molecule has 408 valence electrons. The molecule has 0 radical (unpaired) electrons. The van der Waals surface area contributed by atoms with Gasteiger partial charge in [0.1, 0.15) is 17.6 Å². The molecule has 20 heteroatoms. The topological polar surface area (TPSA) is 282 Å². The molecule has 1 atom stereocenters. The van der Waals surface area contributed by atoms with Crippen LogP contribution in [0.4, 0.5) is 0 Å². The Balaban J connectivity index is -0.0000109. The van der Waals surface area contributed by atoms with Crippen LogP contribution in [0.25, 0.3) is 0 Å². The number of Topliss-reactive ketones (excluding diaryl/α,β-unsaturated/α-hetero) is 2. The molecule has 5 amide bonds. The van der Waals surface area contributed by atoms with E-state index in [4.69, 9.17) is 24.1 Å². The van der Waals surface area contributed by atoms with Gasteiger partial charge in [0.05, 0.1) is 65.9 Å². The molecule has 0 fully saturated rings. The fourth-order valence-corrected chi connectivity index (χ4v) is 6.48. The molecule has 0 aromatic heterocycles. The van der Waals surface area contributed by atoms with Gasteiger partial charge >= 0.3 is 11.9 Å². The molecule has 0 aliphatic heterocycles. The Morgan fingerprint density at radius 3 is 1.16 bits per heavy atom. The number of hydrogen-bond donors (Lipinski definition) is 6. The summed E-state index contributed by atoms with van der Waals surface area (Å²) in [7, 11) is 0. The Labute approximate surface area is 418 Å². The van der Waals surface area contributed by atoms with Crippen molar-refractivity contribution in [3.63, 3.8) is 0 Å². The van der Waals surface area contributed by atoms with Gasteiger partial charge in [-0.1, -0.05) is 105 Å². The largest absolute Gasteiger partial charge is 0.481 e. The smallest absolute Gasteiger partial charge is 0.326 e. The van der Waals surface area contributed by atoms with Crippen LogP contribution >= 0.6 is 0 Å². The van der Waals surface area contributed by atoms with Gasteiger partial charge in [0.15, 0.2) is 0 Å². The fourth-order valence-electron chi connectivity index (χ4n) is 6.48. The maximum absolute atomic E-state index is 12.3. The zero-order chi connectivity index (χ0) is 53.0. The molecule has 0 aliphatic carbocycles. The Hall–Kier alpha value is -4.53. The Morgan fingerprint density at radius 2 is 0.771 bits per heavy atom. The third-order valence-corrected chi connectivity index (χ3v) is 10.0. The summed E-state index contributed by atoms with van der Waals surface area (Å²) in [5.74, 6) is -3.98. The highest BCUT2D eigenvalue weighted by atomic mass is 16.5. The van der Waals surface area contributed by atoms with E-state index in [1.54, 1.807) is 0 Å². The van der Waals surface area contributed by atoms with Gasteiger partial charge in [-0.2, -0.15) is 0 Å². The van der Waals surface area contributed by atoms with Crippen molar-refractivity contribution in [3.05, 3.63) is 0 Å². The summed E-state index contributed by atoms with van der Waals surface area (Å²) in [4.78, 5) is 107. The predicted molar refractivity (Wildman–Crippen MR) is 267 cm³/mol. The third kappa shape index (κ3) is 51.3. The summed E-state index contributed by atoms with van der Waals surface area (Å²) in [5, 5.41) is 28.7. The van der Waals surface area contributed by atoms with Gasteiger partial charge in [0.25, 0.3) is 0 Å². The minimum atomic E-state index is -1.19. The minimum Gasteiger partial charge on any atom is -0.481 e. The first-order chi connectivity index (χ1) is 33.7. The maximum atomic E-state index is 12.3. The van der Waals surface area contributed by atoms with Crippen molar-refractivity contribution in [2.24, 2.45) is 0 Å². The van der Waals surface area contributed by atoms with Gasteiger partial charge in [-0.3, -0.25) is 38.4 Å². The second-order valence-electron chi connectivity index (χ2n) is 16.2. The Morgan fingerprint density at radius 1 is 0.414 bits per heavy atom. The monoisotopic (exact) mass is 1000 g/mol.